The maximum absolute atomic E-state index is 4.67. The molecule has 0 amide bonds. The Labute approximate surface area is 114 Å². The third-order valence-electron chi connectivity index (χ3n) is 2.90. The Kier molecular flexibility index (Phi) is 4.00. The first-order chi connectivity index (χ1) is 8.94. The zero-order chi connectivity index (χ0) is 13.9. The standard InChI is InChI=1S/C15H22N4/c1-12-8-9-17-19(12)11-14-7-5-6-13(18-14)10-16-15(2,3)4/h5-9,16H,10-11H2,1-4H3. The van der Waals surface area contributed by atoms with Gasteiger partial charge in [-0.05, 0) is 45.9 Å². The molecule has 102 valence electrons. The van der Waals surface area contributed by atoms with Crippen molar-refractivity contribution in [2.45, 2.75) is 46.3 Å². The van der Waals surface area contributed by atoms with Gasteiger partial charge in [0.05, 0.1) is 17.9 Å². The summed E-state index contributed by atoms with van der Waals surface area (Å²) in [5, 5.41) is 7.74. The van der Waals surface area contributed by atoms with Gasteiger partial charge in [-0.1, -0.05) is 6.07 Å². The van der Waals surface area contributed by atoms with Crippen molar-refractivity contribution < 1.29 is 0 Å². The van der Waals surface area contributed by atoms with Gasteiger partial charge in [0, 0.05) is 24.0 Å². The number of rotatable bonds is 4. The van der Waals surface area contributed by atoms with Crippen LogP contribution >= 0.6 is 0 Å². The molecule has 0 bridgehead atoms. The predicted molar refractivity (Wildman–Crippen MR) is 76.9 cm³/mol. The summed E-state index contributed by atoms with van der Waals surface area (Å²) in [5.74, 6) is 0. The van der Waals surface area contributed by atoms with Gasteiger partial charge < -0.3 is 5.32 Å². The van der Waals surface area contributed by atoms with E-state index in [1.165, 1.54) is 0 Å². The molecule has 0 atom stereocenters. The predicted octanol–water partition coefficient (Wildman–Crippen LogP) is 2.52. The number of aromatic nitrogens is 3. The molecule has 0 unspecified atom stereocenters. The van der Waals surface area contributed by atoms with Crippen LogP contribution in [0.2, 0.25) is 0 Å². The van der Waals surface area contributed by atoms with Gasteiger partial charge in [0.15, 0.2) is 0 Å². The molecule has 2 rings (SSSR count). The van der Waals surface area contributed by atoms with E-state index in [1.54, 1.807) is 0 Å². The summed E-state index contributed by atoms with van der Waals surface area (Å²) in [6.07, 6.45) is 1.82. The third-order valence-corrected chi connectivity index (χ3v) is 2.90. The Morgan fingerprint density at radius 1 is 1.16 bits per heavy atom. The van der Waals surface area contributed by atoms with E-state index >= 15 is 0 Å². The maximum Gasteiger partial charge on any atom is 0.0834 e. The monoisotopic (exact) mass is 258 g/mol. The van der Waals surface area contributed by atoms with Gasteiger partial charge in [-0.3, -0.25) is 9.67 Å². The molecule has 0 fully saturated rings. The topological polar surface area (TPSA) is 42.7 Å². The second-order valence-electron chi connectivity index (χ2n) is 5.85. The second kappa shape index (κ2) is 5.53. The van der Waals surface area contributed by atoms with E-state index in [1.807, 2.05) is 23.0 Å². The van der Waals surface area contributed by atoms with Crippen molar-refractivity contribution in [1.29, 1.82) is 0 Å². The van der Waals surface area contributed by atoms with Crippen molar-refractivity contribution in [3.63, 3.8) is 0 Å². The molecule has 0 aliphatic rings. The van der Waals surface area contributed by atoms with Gasteiger partial charge in [-0.25, -0.2) is 0 Å². The highest BCUT2D eigenvalue weighted by atomic mass is 15.3. The van der Waals surface area contributed by atoms with Crippen molar-refractivity contribution >= 4 is 0 Å². The molecule has 2 heterocycles. The largest absolute Gasteiger partial charge is 0.306 e. The lowest BCUT2D eigenvalue weighted by atomic mass is 10.1. The minimum atomic E-state index is 0.107. The first-order valence-electron chi connectivity index (χ1n) is 6.62. The summed E-state index contributed by atoms with van der Waals surface area (Å²) in [5.41, 5.74) is 3.37. The Balaban J connectivity index is 2.05. The summed E-state index contributed by atoms with van der Waals surface area (Å²) in [6, 6.07) is 8.16. The molecule has 2 aromatic rings. The van der Waals surface area contributed by atoms with Crippen LogP contribution in [0.15, 0.2) is 30.5 Å². The summed E-state index contributed by atoms with van der Waals surface area (Å²) in [6.45, 7) is 10.0. The fourth-order valence-electron chi connectivity index (χ4n) is 1.79. The van der Waals surface area contributed by atoms with E-state index in [-0.39, 0.29) is 5.54 Å². The SMILES string of the molecule is Cc1ccnn1Cc1cccc(CNC(C)(C)C)n1. The molecule has 0 aliphatic carbocycles. The van der Waals surface area contributed by atoms with Gasteiger partial charge in [-0.2, -0.15) is 5.10 Å². The highest BCUT2D eigenvalue weighted by Gasteiger charge is 2.09. The fourth-order valence-corrected chi connectivity index (χ4v) is 1.79. The molecule has 0 saturated heterocycles. The van der Waals surface area contributed by atoms with Crippen LogP contribution in [0, 0.1) is 6.92 Å². The fraction of sp³-hybridized carbons (Fsp3) is 0.467. The molecular weight excluding hydrogens is 236 g/mol. The van der Waals surface area contributed by atoms with Crippen LogP contribution in [-0.4, -0.2) is 20.3 Å². The van der Waals surface area contributed by atoms with Crippen LogP contribution in [0.25, 0.3) is 0 Å². The van der Waals surface area contributed by atoms with Crippen molar-refractivity contribution in [3.8, 4) is 0 Å². The number of nitrogens with one attached hydrogen (secondary N) is 1. The molecule has 19 heavy (non-hydrogen) atoms. The van der Waals surface area contributed by atoms with Crippen LogP contribution in [-0.2, 0) is 13.1 Å². The Bertz CT molecular complexity index is 537. The zero-order valence-electron chi connectivity index (χ0n) is 12.1. The molecule has 1 N–H and O–H groups in total. The van der Waals surface area contributed by atoms with E-state index in [4.69, 9.17) is 0 Å². The van der Waals surface area contributed by atoms with Crippen molar-refractivity contribution in [2.75, 3.05) is 0 Å². The lowest BCUT2D eigenvalue weighted by molar-refractivity contribution is 0.421. The summed E-state index contributed by atoms with van der Waals surface area (Å²) in [4.78, 5) is 4.67. The van der Waals surface area contributed by atoms with Crippen LogP contribution in [0.5, 0.6) is 0 Å². The quantitative estimate of drug-likeness (QED) is 0.916. The smallest absolute Gasteiger partial charge is 0.0834 e. The molecule has 0 aromatic carbocycles. The maximum atomic E-state index is 4.67. The normalized spacial score (nSPS) is 11.8. The number of nitrogens with zero attached hydrogens (tertiary/aromatic N) is 3. The molecule has 0 aliphatic heterocycles. The number of hydrogen-bond donors (Lipinski definition) is 1. The highest BCUT2D eigenvalue weighted by molar-refractivity contribution is 5.12. The average molecular weight is 258 g/mol. The van der Waals surface area contributed by atoms with Crippen LogP contribution in [0.1, 0.15) is 37.9 Å². The van der Waals surface area contributed by atoms with Gasteiger partial charge in [0.25, 0.3) is 0 Å². The van der Waals surface area contributed by atoms with E-state index in [2.05, 4.69) is 55.2 Å². The lowest BCUT2D eigenvalue weighted by Crippen LogP contribution is -2.35. The van der Waals surface area contributed by atoms with Gasteiger partial charge in [0.2, 0.25) is 0 Å². The second-order valence-corrected chi connectivity index (χ2v) is 5.85. The minimum absolute atomic E-state index is 0.107. The summed E-state index contributed by atoms with van der Waals surface area (Å²) >= 11 is 0. The molecule has 2 aromatic heterocycles. The Morgan fingerprint density at radius 2 is 1.89 bits per heavy atom. The molecule has 0 radical (unpaired) electrons. The van der Waals surface area contributed by atoms with Crippen molar-refractivity contribution in [3.05, 3.63) is 47.5 Å². The first kappa shape index (κ1) is 13.7. The molecule has 4 heteroatoms. The van der Waals surface area contributed by atoms with Crippen LogP contribution < -0.4 is 5.32 Å². The molecule has 4 nitrogen and oxygen atoms in total. The number of pyridine rings is 1. The van der Waals surface area contributed by atoms with E-state index < -0.39 is 0 Å². The minimum Gasteiger partial charge on any atom is -0.306 e. The van der Waals surface area contributed by atoms with Crippen LogP contribution in [0.4, 0.5) is 0 Å². The third kappa shape index (κ3) is 4.17. The summed E-state index contributed by atoms with van der Waals surface area (Å²) < 4.78 is 1.96. The van der Waals surface area contributed by atoms with Crippen molar-refractivity contribution in [1.82, 2.24) is 20.1 Å². The molecule has 0 spiro atoms. The van der Waals surface area contributed by atoms with Gasteiger partial charge >= 0.3 is 0 Å². The lowest BCUT2D eigenvalue weighted by Gasteiger charge is -2.20. The van der Waals surface area contributed by atoms with Gasteiger partial charge in [0.1, 0.15) is 0 Å². The molecule has 0 saturated carbocycles. The number of aryl methyl sites for hydroxylation is 1. The van der Waals surface area contributed by atoms with Crippen molar-refractivity contribution in [2.24, 2.45) is 0 Å². The van der Waals surface area contributed by atoms with Crippen LogP contribution in [0.3, 0.4) is 0 Å². The number of hydrogen-bond acceptors (Lipinski definition) is 3. The summed E-state index contributed by atoms with van der Waals surface area (Å²) in [7, 11) is 0. The Morgan fingerprint density at radius 3 is 2.53 bits per heavy atom. The van der Waals surface area contributed by atoms with E-state index in [0.717, 1.165) is 30.2 Å². The molecular formula is C15H22N4. The average Bonchev–Trinajstić information content (AvgIpc) is 2.72. The first-order valence-corrected chi connectivity index (χ1v) is 6.62. The van der Waals surface area contributed by atoms with E-state index in [0.29, 0.717) is 0 Å². The van der Waals surface area contributed by atoms with E-state index in [9.17, 15) is 0 Å². The van der Waals surface area contributed by atoms with Gasteiger partial charge in [-0.15, -0.1) is 0 Å². The highest BCUT2D eigenvalue weighted by Crippen LogP contribution is 2.06. The Hall–Kier alpha value is -1.68. The zero-order valence-corrected chi connectivity index (χ0v) is 12.1.